The average Bonchev–Trinajstić information content (AvgIpc) is 3.42. The van der Waals surface area contributed by atoms with E-state index in [0.717, 1.165) is 0 Å². The standard InChI is InChI=1S/C20H16ClFN6O4/c21-11-1-2-14(22)12(7-11)17-25-19(32-26-17)13-9-23-28-15(8-16(29)24-18(13)28)10-3-5-27(6-4-10)20(30)31/h1-2,7-10H,3-6H2,(H,24,29)(H,30,31). The molecule has 0 bridgehead atoms. The van der Waals surface area contributed by atoms with E-state index in [-0.39, 0.29) is 28.8 Å². The molecule has 0 spiro atoms. The highest BCUT2D eigenvalue weighted by Crippen LogP contribution is 2.31. The maximum Gasteiger partial charge on any atom is 0.407 e. The molecule has 164 valence electrons. The summed E-state index contributed by atoms with van der Waals surface area (Å²) in [5.74, 6) is -0.520. The quantitative estimate of drug-likeness (QED) is 0.481. The third-order valence-corrected chi connectivity index (χ3v) is 5.78. The molecule has 1 amide bonds. The first-order chi connectivity index (χ1) is 15.4. The van der Waals surface area contributed by atoms with Crippen molar-refractivity contribution in [3.63, 3.8) is 0 Å². The van der Waals surface area contributed by atoms with Gasteiger partial charge in [-0.05, 0) is 31.0 Å². The summed E-state index contributed by atoms with van der Waals surface area (Å²) in [6.07, 6.45) is 1.66. The number of nitrogens with zero attached hydrogens (tertiary/aromatic N) is 5. The van der Waals surface area contributed by atoms with E-state index >= 15 is 0 Å². The molecule has 4 heterocycles. The van der Waals surface area contributed by atoms with Crippen molar-refractivity contribution >= 4 is 23.3 Å². The van der Waals surface area contributed by atoms with E-state index < -0.39 is 11.9 Å². The molecule has 0 unspecified atom stereocenters. The Morgan fingerprint density at radius 2 is 2.03 bits per heavy atom. The molecule has 0 atom stereocenters. The van der Waals surface area contributed by atoms with Crippen molar-refractivity contribution in [3.8, 4) is 22.8 Å². The molecule has 12 heteroatoms. The van der Waals surface area contributed by atoms with Crippen LogP contribution in [0.15, 0.2) is 39.8 Å². The first kappa shape index (κ1) is 20.2. The minimum atomic E-state index is -0.954. The molecule has 1 saturated heterocycles. The summed E-state index contributed by atoms with van der Waals surface area (Å²) >= 11 is 5.94. The van der Waals surface area contributed by atoms with Gasteiger partial charge in [-0.1, -0.05) is 16.8 Å². The zero-order valence-electron chi connectivity index (χ0n) is 16.5. The minimum absolute atomic E-state index is 0.0129. The number of benzene rings is 1. The fraction of sp³-hybridized carbons (Fsp3) is 0.250. The van der Waals surface area contributed by atoms with Crippen molar-refractivity contribution < 1.29 is 18.8 Å². The SMILES string of the molecule is O=C(O)N1CCC(c2cc(=O)[nH]c3c(-c4nc(-c5cc(Cl)ccc5F)no4)cnn23)CC1. The Morgan fingerprint density at radius 1 is 1.25 bits per heavy atom. The lowest BCUT2D eigenvalue weighted by Gasteiger charge is -2.30. The maximum atomic E-state index is 14.2. The summed E-state index contributed by atoms with van der Waals surface area (Å²) in [6, 6.07) is 5.48. The van der Waals surface area contributed by atoms with Gasteiger partial charge in [0.25, 0.3) is 11.4 Å². The number of piperidine rings is 1. The van der Waals surface area contributed by atoms with Gasteiger partial charge >= 0.3 is 6.09 Å². The molecular weight excluding hydrogens is 443 g/mol. The summed E-state index contributed by atoms with van der Waals surface area (Å²) in [5, 5.41) is 17.7. The van der Waals surface area contributed by atoms with Crippen molar-refractivity contribution in [2.75, 3.05) is 13.1 Å². The topological polar surface area (TPSA) is 130 Å². The third-order valence-electron chi connectivity index (χ3n) is 5.54. The Kier molecular flexibility index (Phi) is 4.89. The van der Waals surface area contributed by atoms with E-state index in [1.807, 2.05) is 0 Å². The van der Waals surface area contributed by atoms with Gasteiger partial charge in [-0.15, -0.1) is 0 Å². The van der Waals surface area contributed by atoms with Gasteiger partial charge in [0.1, 0.15) is 17.0 Å². The van der Waals surface area contributed by atoms with E-state index in [0.29, 0.717) is 47.9 Å². The molecule has 1 aliphatic heterocycles. The average molecular weight is 459 g/mol. The first-order valence-electron chi connectivity index (χ1n) is 9.79. The van der Waals surface area contributed by atoms with Crippen LogP contribution in [0.1, 0.15) is 24.5 Å². The number of rotatable bonds is 3. The van der Waals surface area contributed by atoms with Gasteiger partial charge in [-0.25, -0.2) is 13.7 Å². The van der Waals surface area contributed by atoms with Crippen LogP contribution in [0.25, 0.3) is 28.5 Å². The van der Waals surface area contributed by atoms with E-state index in [9.17, 15) is 14.0 Å². The van der Waals surface area contributed by atoms with Gasteiger partial charge in [0.2, 0.25) is 5.82 Å². The van der Waals surface area contributed by atoms with E-state index in [4.69, 9.17) is 21.2 Å². The zero-order valence-corrected chi connectivity index (χ0v) is 17.2. The summed E-state index contributed by atoms with van der Waals surface area (Å²) in [6.45, 7) is 0.751. The molecule has 5 rings (SSSR count). The van der Waals surface area contributed by atoms with Crippen LogP contribution < -0.4 is 5.56 Å². The van der Waals surface area contributed by atoms with Crippen LogP contribution >= 0.6 is 11.6 Å². The lowest BCUT2D eigenvalue weighted by Crippen LogP contribution is -2.37. The van der Waals surface area contributed by atoms with Crippen LogP contribution in [0.5, 0.6) is 0 Å². The molecule has 32 heavy (non-hydrogen) atoms. The van der Waals surface area contributed by atoms with Crippen molar-refractivity contribution in [3.05, 3.63) is 57.3 Å². The van der Waals surface area contributed by atoms with Crippen LogP contribution in [0.2, 0.25) is 5.02 Å². The highest BCUT2D eigenvalue weighted by molar-refractivity contribution is 6.30. The minimum Gasteiger partial charge on any atom is -0.465 e. The number of amides is 1. The molecule has 10 nitrogen and oxygen atoms in total. The molecule has 2 N–H and O–H groups in total. The predicted molar refractivity (Wildman–Crippen MR) is 111 cm³/mol. The summed E-state index contributed by atoms with van der Waals surface area (Å²) in [4.78, 5) is 31.9. The highest BCUT2D eigenvalue weighted by Gasteiger charge is 2.27. The molecule has 0 aliphatic carbocycles. The number of hydrogen-bond acceptors (Lipinski definition) is 6. The van der Waals surface area contributed by atoms with Crippen molar-refractivity contribution in [1.29, 1.82) is 0 Å². The van der Waals surface area contributed by atoms with Gasteiger partial charge in [0.15, 0.2) is 0 Å². The maximum absolute atomic E-state index is 14.2. The Hall–Kier alpha value is -3.73. The number of halogens is 2. The molecule has 0 saturated carbocycles. The Morgan fingerprint density at radius 3 is 2.78 bits per heavy atom. The molecule has 4 aromatic rings. The second-order valence-corrected chi connectivity index (χ2v) is 7.90. The van der Waals surface area contributed by atoms with Crippen molar-refractivity contribution in [2.24, 2.45) is 0 Å². The summed E-state index contributed by atoms with van der Waals surface area (Å²) in [7, 11) is 0. The van der Waals surface area contributed by atoms with Gasteiger partial charge in [-0.2, -0.15) is 10.1 Å². The van der Waals surface area contributed by atoms with Gasteiger partial charge in [0, 0.05) is 30.1 Å². The fourth-order valence-electron chi connectivity index (χ4n) is 3.94. The zero-order chi connectivity index (χ0) is 22.4. The summed E-state index contributed by atoms with van der Waals surface area (Å²) < 4.78 is 21.1. The number of carboxylic acid groups (broad SMARTS) is 1. The normalized spacial score (nSPS) is 14.9. The Bertz CT molecular complexity index is 1390. The van der Waals surface area contributed by atoms with Crippen LogP contribution in [-0.2, 0) is 0 Å². The van der Waals surface area contributed by atoms with Crippen LogP contribution in [0.3, 0.4) is 0 Å². The predicted octanol–water partition coefficient (Wildman–Crippen LogP) is 3.39. The van der Waals surface area contributed by atoms with E-state index in [2.05, 4.69) is 20.2 Å². The van der Waals surface area contributed by atoms with E-state index in [1.54, 1.807) is 4.52 Å². The molecule has 1 fully saturated rings. The lowest BCUT2D eigenvalue weighted by molar-refractivity contribution is 0.131. The van der Waals surface area contributed by atoms with Crippen LogP contribution in [0, 0.1) is 5.82 Å². The number of likely N-dealkylation sites (tertiary alicyclic amines) is 1. The number of fused-ring (bicyclic) bond motifs is 1. The second-order valence-electron chi connectivity index (χ2n) is 7.47. The summed E-state index contributed by atoms with van der Waals surface area (Å²) in [5.41, 5.74) is 1.16. The van der Waals surface area contributed by atoms with Crippen LogP contribution in [-0.4, -0.2) is 53.9 Å². The van der Waals surface area contributed by atoms with Gasteiger partial charge in [0.05, 0.1) is 17.5 Å². The third kappa shape index (κ3) is 3.50. The monoisotopic (exact) mass is 458 g/mol. The number of hydrogen-bond donors (Lipinski definition) is 2. The first-order valence-corrected chi connectivity index (χ1v) is 10.2. The van der Waals surface area contributed by atoms with Gasteiger partial charge in [-0.3, -0.25) is 4.79 Å². The highest BCUT2D eigenvalue weighted by atomic mass is 35.5. The number of carbonyl (C=O) groups is 1. The number of nitrogens with one attached hydrogen (secondary N) is 1. The second kappa shape index (κ2) is 7.75. The van der Waals surface area contributed by atoms with Crippen molar-refractivity contribution in [2.45, 2.75) is 18.8 Å². The molecule has 3 aromatic heterocycles. The molecule has 0 radical (unpaired) electrons. The van der Waals surface area contributed by atoms with Crippen molar-refractivity contribution in [1.82, 2.24) is 29.6 Å². The number of H-pyrrole nitrogens is 1. The Balaban J connectivity index is 1.52. The van der Waals surface area contributed by atoms with Crippen LogP contribution in [0.4, 0.5) is 9.18 Å². The molecule has 1 aromatic carbocycles. The smallest absolute Gasteiger partial charge is 0.407 e. The molecular formula is C20H16ClFN6O4. The van der Waals surface area contributed by atoms with Gasteiger partial charge < -0.3 is 19.5 Å². The Labute approximate surface area is 184 Å². The number of aromatic nitrogens is 5. The van der Waals surface area contributed by atoms with E-state index in [1.165, 1.54) is 35.4 Å². The fourth-order valence-corrected chi connectivity index (χ4v) is 4.11. The molecule has 1 aliphatic rings. The lowest BCUT2D eigenvalue weighted by atomic mass is 9.93. The number of aromatic amines is 1. The largest absolute Gasteiger partial charge is 0.465 e.